The number of nitrogens with zero attached hydrogens (tertiary/aromatic N) is 5. The number of hydrogen-bond donors (Lipinski definition) is 0. The Bertz CT molecular complexity index is 1240. The molecule has 2 aromatic carbocycles. The highest BCUT2D eigenvalue weighted by Crippen LogP contribution is 2.33. The van der Waals surface area contributed by atoms with Gasteiger partial charge in [-0.25, -0.2) is 0 Å². The van der Waals surface area contributed by atoms with Crippen molar-refractivity contribution in [1.82, 2.24) is 24.6 Å². The Balaban J connectivity index is 1.60. The molecular weight excluding hydrogens is 446 g/mol. The van der Waals surface area contributed by atoms with Gasteiger partial charge in [-0.1, -0.05) is 43.0 Å². The number of hydrogen-bond acceptors (Lipinski definition) is 6. The topological polar surface area (TPSA) is 73.1 Å². The number of thioether (sulfide) groups is 1. The smallest absolute Gasteiger partial charge is 0.253 e. The van der Waals surface area contributed by atoms with Crippen LogP contribution in [0.1, 0.15) is 29.3 Å². The van der Waals surface area contributed by atoms with Gasteiger partial charge in [0, 0.05) is 42.9 Å². The zero-order valence-corrected chi connectivity index (χ0v) is 20.3. The van der Waals surface area contributed by atoms with Crippen molar-refractivity contribution < 1.29 is 9.53 Å². The largest absolute Gasteiger partial charge is 0.495 e. The molecule has 0 saturated heterocycles. The monoisotopic (exact) mass is 473 g/mol. The molecule has 0 atom stereocenters. The van der Waals surface area contributed by atoms with Crippen molar-refractivity contribution in [2.24, 2.45) is 0 Å². The third-order valence-corrected chi connectivity index (χ3v) is 6.37. The standard InChI is InChI=1S/C26H27N5O2S/c1-4-17-30(2)25(32)21-11-9-19(10-12-21)18-34-26-29-28-24(20-13-15-27-16-14-20)31(26)22-7-5-6-8-23(22)33-3/h5-16H,4,17-18H2,1-3H3. The molecule has 2 aromatic heterocycles. The zero-order chi connectivity index (χ0) is 23.9. The van der Waals surface area contributed by atoms with Crippen molar-refractivity contribution in [2.45, 2.75) is 24.3 Å². The molecule has 0 spiro atoms. The van der Waals surface area contributed by atoms with Crippen LogP contribution in [0.4, 0.5) is 0 Å². The molecule has 7 nitrogen and oxygen atoms in total. The highest BCUT2D eigenvalue weighted by molar-refractivity contribution is 7.98. The van der Waals surface area contributed by atoms with E-state index in [0.29, 0.717) is 17.1 Å². The second kappa shape index (κ2) is 11.0. The van der Waals surface area contributed by atoms with Crippen molar-refractivity contribution in [1.29, 1.82) is 0 Å². The van der Waals surface area contributed by atoms with E-state index >= 15 is 0 Å². The van der Waals surface area contributed by atoms with E-state index in [0.717, 1.165) is 40.7 Å². The highest BCUT2D eigenvalue weighted by atomic mass is 32.2. The minimum atomic E-state index is 0.0407. The highest BCUT2D eigenvalue weighted by Gasteiger charge is 2.19. The molecule has 4 rings (SSSR count). The minimum absolute atomic E-state index is 0.0407. The lowest BCUT2D eigenvalue weighted by Gasteiger charge is -2.16. The number of rotatable bonds is 9. The normalized spacial score (nSPS) is 10.8. The number of carbonyl (C=O) groups excluding carboxylic acids is 1. The van der Waals surface area contributed by atoms with E-state index in [4.69, 9.17) is 4.74 Å². The molecule has 0 bridgehead atoms. The van der Waals surface area contributed by atoms with E-state index in [1.807, 2.05) is 72.3 Å². The number of carbonyl (C=O) groups is 1. The van der Waals surface area contributed by atoms with Crippen molar-refractivity contribution in [3.63, 3.8) is 0 Å². The molecule has 8 heteroatoms. The Kier molecular flexibility index (Phi) is 7.59. The average Bonchev–Trinajstić information content (AvgIpc) is 3.31. The van der Waals surface area contributed by atoms with Crippen LogP contribution in [0.2, 0.25) is 0 Å². The van der Waals surface area contributed by atoms with Crippen molar-refractivity contribution in [2.75, 3.05) is 20.7 Å². The molecule has 34 heavy (non-hydrogen) atoms. The molecule has 174 valence electrons. The summed E-state index contributed by atoms with van der Waals surface area (Å²) in [4.78, 5) is 18.4. The van der Waals surface area contributed by atoms with E-state index < -0.39 is 0 Å². The second-order valence-electron chi connectivity index (χ2n) is 7.76. The molecule has 4 aromatic rings. The molecule has 0 N–H and O–H groups in total. The fraction of sp³-hybridized carbons (Fsp3) is 0.231. The van der Waals surface area contributed by atoms with Gasteiger partial charge in [-0.05, 0) is 48.4 Å². The van der Waals surface area contributed by atoms with Crippen LogP contribution in [0.15, 0.2) is 78.2 Å². The quantitative estimate of drug-likeness (QED) is 0.315. The molecule has 0 aliphatic heterocycles. The molecule has 0 saturated carbocycles. The Morgan fingerprint density at radius 3 is 2.47 bits per heavy atom. The predicted octanol–water partition coefficient (Wildman–Crippen LogP) is 5.11. The van der Waals surface area contributed by atoms with Crippen LogP contribution in [0.5, 0.6) is 5.75 Å². The van der Waals surface area contributed by atoms with E-state index in [9.17, 15) is 4.79 Å². The van der Waals surface area contributed by atoms with E-state index in [1.165, 1.54) is 0 Å². The summed E-state index contributed by atoms with van der Waals surface area (Å²) in [6.07, 6.45) is 4.42. The molecule has 0 fully saturated rings. The van der Waals surface area contributed by atoms with Gasteiger partial charge in [0.05, 0.1) is 12.8 Å². The Labute approximate surface area is 203 Å². The van der Waals surface area contributed by atoms with E-state index in [1.54, 1.807) is 36.2 Å². The number of aromatic nitrogens is 4. The average molecular weight is 474 g/mol. The summed E-state index contributed by atoms with van der Waals surface area (Å²) in [7, 11) is 3.49. The molecule has 1 amide bonds. The van der Waals surface area contributed by atoms with Gasteiger partial charge in [0.25, 0.3) is 5.91 Å². The van der Waals surface area contributed by atoms with Crippen LogP contribution in [-0.4, -0.2) is 51.3 Å². The van der Waals surface area contributed by atoms with Crippen molar-refractivity contribution >= 4 is 17.7 Å². The van der Waals surface area contributed by atoms with E-state index in [2.05, 4.69) is 22.1 Å². The summed E-state index contributed by atoms with van der Waals surface area (Å²) >= 11 is 1.58. The first kappa shape index (κ1) is 23.5. The maximum Gasteiger partial charge on any atom is 0.253 e. The summed E-state index contributed by atoms with van der Waals surface area (Å²) in [6.45, 7) is 2.81. The molecule has 0 unspecified atom stereocenters. The number of para-hydroxylation sites is 2. The van der Waals surface area contributed by atoms with Gasteiger partial charge in [-0.3, -0.25) is 14.3 Å². The van der Waals surface area contributed by atoms with E-state index in [-0.39, 0.29) is 5.91 Å². The van der Waals surface area contributed by atoms with Gasteiger partial charge in [-0.15, -0.1) is 10.2 Å². The lowest BCUT2D eigenvalue weighted by Crippen LogP contribution is -2.27. The lowest BCUT2D eigenvalue weighted by molar-refractivity contribution is 0.0795. The fourth-order valence-corrected chi connectivity index (χ4v) is 4.53. The minimum Gasteiger partial charge on any atom is -0.495 e. The SMILES string of the molecule is CCCN(C)C(=O)c1ccc(CSc2nnc(-c3ccncc3)n2-c2ccccc2OC)cc1. The van der Waals surface area contributed by atoms with Gasteiger partial charge in [0.2, 0.25) is 0 Å². The molecule has 0 aliphatic carbocycles. The van der Waals surface area contributed by atoms with Gasteiger partial charge >= 0.3 is 0 Å². The maximum atomic E-state index is 12.5. The summed E-state index contributed by atoms with van der Waals surface area (Å²) < 4.78 is 7.63. The summed E-state index contributed by atoms with van der Waals surface area (Å²) in [6, 6.07) is 19.4. The maximum absolute atomic E-state index is 12.5. The summed E-state index contributed by atoms with van der Waals surface area (Å²) in [5, 5.41) is 9.72. The van der Waals surface area contributed by atoms with Crippen molar-refractivity contribution in [3.8, 4) is 22.8 Å². The molecular formula is C26H27N5O2S. The Morgan fingerprint density at radius 2 is 1.76 bits per heavy atom. The van der Waals surface area contributed by atoms with Crippen LogP contribution in [-0.2, 0) is 5.75 Å². The number of amides is 1. The molecule has 0 radical (unpaired) electrons. The van der Waals surface area contributed by atoms with Crippen LogP contribution in [0.25, 0.3) is 17.1 Å². The zero-order valence-electron chi connectivity index (χ0n) is 19.5. The fourth-order valence-electron chi connectivity index (χ4n) is 3.63. The summed E-state index contributed by atoms with van der Waals surface area (Å²) in [5.41, 5.74) is 3.57. The predicted molar refractivity (Wildman–Crippen MR) is 134 cm³/mol. The van der Waals surface area contributed by atoms with Crippen LogP contribution < -0.4 is 4.74 Å². The first-order chi connectivity index (χ1) is 16.6. The molecule has 2 heterocycles. The van der Waals surface area contributed by atoms with Crippen molar-refractivity contribution in [3.05, 3.63) is 84.2 Å². The number of methoxy groups -OCH3 is 1. The third kappa shape index (κ3) is 5.12. The number of pyridine rings is 1. The van der Waals surface area contributed by atoms with Crippen LogP contribution in [0, 0.1) is 0 Å². The van der Waals surface area contributed by atoms with Crippen LogP contribution in [0.3, 0.4) is 0 Å². The number of ether oxygens (including phenoxy) is 1. The molecule has 0 aliphatic rings. The number of benzene rings is 2. The van der Waals surface area contributed by atoms with Gasteiger partial charge in [0.15, 0.2) is 11.0 Å². The third-order valence-electron chi connectivity index (χ3n) is 5.37. The summed E-state index contributed by atoms with van der Waals surface area (Å²) in [5.74, 6) is 2.18. The van der Waals surface area contributed by atoms with Gasteiger partial charge < -0.3 is 9.64 Å². The Morgan fingerprint density at radius 1 is 1.03 bits per heavy atom. The van der Waals surface area contributed by atoms with Gasteiger partial charge in [-0.2, -0.15) is 0 Å². The first-order valence-corrected chi connectivity index (χ1v) is 12.1. The first-order valence-electron chi connectivity index (χ1n) is 11.1. The lowest BCUT2D eigenvalue weighted by atomic mass is 10.1. The second-order valence-corrected chi connectivity index (χ2v) is 8.70. The van der Waals surface area contributed by atoms with Crippen LogP contribution >= 0.6 is 11.8 Å². The van der Waals surface area contributed by atoms with Gasteiger partial charge in [0.1, 0.15) is 5.75 Å². The Hall–Kier alpha value is -3.65.